The van der Waals surface area contributed by atoms with Crippen molar-refractivity contribution in [3.05, 3.63) is 29.0 Å². The number of hydrogen-bond donors (Lipinski definition) is 2. The normalized spacial score (nSPS) is 15.8. The molecule has 0 radical (unpaired) electrons. The van der Waals surface area contributed by atoms with Gasteiger partial charge < -0.3 is 5.11 Å². The van der Waals surface area contributed by atoms with Gasteiger partial charge in [-0.25, -0.2) is 26.9 Å². The highest BCUT2D eigenvalue weighted by Crippen LogP contribution is 2.36. The summed E-state index contributed by atoms with van der Waals surface area (Å²) < 4.78 is 56.0. The number of aliphatic hydroxyl groups is 1. The fourth-order valence-corrected chi connectivity index (χ4v) is 4.97. The Kier molecular flexibility index (Phi) is 5.13. The van der Waals surface area contributed by atoms with Crippen molar-refractivity contribution in [1.29, 1.82) is 0 Å². The summed E-state index contributed by atoms with van der Waals surface area (Å²) in [6, 6.07) is 1.38. The van der Waals surface area contributed by atoms with Crippen molar-refractivity contribution in [2.75, 3.05) is 0 Å². The van der Waals surface area contributed by atoms with E-state index in [1.807, 2.05) is 6.92 Å². The molecule has 3 heterocycles. The first-order valence-corrected chi connectivity index (χ1v) is 11.6. The smallest absolute Gasteiger partial charge is 0.291 e. The number of halogens is 2. The standard InChI is InChI=1S/C19H19F2N5O3S2/c1-18(2,27)5-4-11-8-12(31(28,29)25-19(3)6-7-19)10-26-13(9-22-15(11)26)16-23-24-17(30-16)14(20)21/h8-10,14,25,27H,6-7H2,1-3H3. The summed E-state index contributed by atoms with van der Waals surface area (Å²) in [4.78, 5) is 4.21. The lowest BCUT2D eigenvalue weighted by Crippen LogP contribution is -2.34. The Morgan fingerprint density at radius 3 is 2.65 bits per heavy atom. The average molecular weight is 468 g/mol. The van der Waals surface area contributed by atoms with Crippen LogP contribution in [0.4, 0.5) is 8.78 Å². The molecule has 0 unspecified atom stereocenters. The molecule has 4 rings (SSSR count). The zero-order valence-corrected chi connectivity index (χ0v) is 18.5. The Labute approximate surface area is 181 Å². The predicted molar refractivity (Wildman–Crippen MR) is 110 cm³/mol. The van der Waals surface area contributed by atoms with E-state index in [0.717, 1.165) is 12.8 Å². The van der Waals surface area contributed by atoms with E-state index in [1.54, 1.807) is 0 Å². The van der Waals surface area contributed by atoms with Gasteiger partial charge in [0.2, 0.25) is 10.0 Å². The third kappa shape index (κ3) is 4.59. The van der Waals surface area contributed by atoms with E-state index in [-0.39, 0.29) is 15.5 Å². The third-order valence-corrected chi connectivity index (χ3v) is 7.18. The Morgan fingerprint density at radius 2 is 2.06 bits per heavy atom. The van der Waals surface area contributed by atoms with E-state index in [9.17, 15) is 22.3 Å². The van der Waals surface area contributed by atoms with E-state index in [2.05, 4.69) is 31.7 Å². The third-order valence-electron chi connectivity index (χ3n) is 4.62. The quantitative estimate of drug-likeness (QED) is 0.559. The molecule has 3 aromatic rings. The van der Waals surface area contributed by atoms with Gasteiger partial charge in [-0.3, -0.25) is 4.40 Å². The van der Waals surface area contributed by atoms with Crippen LogP contribution in [-0.4, -0.2) is 44.2 Å². The Balaban J connectivity index is 1.90. The van der Waals surface area contributed by atoms with Crippen LogP contribution in [0.15, 0.2) is 23.4 Å². The van der Waals surface area contributed by atoms with Crippen molar-refractivity contribution in [2.24, 2.45) is 0 Å². The van der Waals surface area contributed by atoms with Crippen molar-refractivity contribution in [1.82, 2.24) is 24.3 Å². The molecule has 164 valence electrons. The maximum atomic E-state index is 13.0. The van der Waals surface area contributed by atoms with Gasteiger partial charge >= 0.3 is 0 Å². The maximum Gasteiger partial charge on any atom is 0.291 e. The van der Waals surface area contributed by atoms with Crippen molar-refractivity contribution in [2.45, 2.75) is 56.1 Å². The van der Waals surface area contributed by atoms with Gasteiger partial charge in [0.1, 0.15) is 16.2 Å². The van der Waals surface area contributed by atoms with Gasteiger partial charge in [0.15, 0.2) is 15.7 Å². The molecule has 31 heavy (non-hydrogen) atoms. The first-order chi connectivity index (χ1) is 14.4. The van der Waals surface area contributed by atoms with Crippen LogP contribution in [0.1, 0.15) is 50.6 Å². The zero-order valence-electron chi connectivity index (χ0n) is 16.8. The molecule has 1 fully saturated rings. The minimum atomic E-state index is -3.89. The fourth-order valence-electron chi connectivity index (χ4n) is 2.78. The molecule has 1 aliphatic rings. The monoisotopic (exact) mass is 467 g/mol. The summed E-state index contributed by atoms with van der Waals surface area (Å²) >= 11 is 0.696. The van der Waals surface area contributed by atoms with Crippen LogP contribution < -0.4 is 4.72 Å². The van der Waals surface area contributed by atoms with Crippen LogP contribution in [0.2, 0.25) is 0 Å². The minimum absolute atomic E-state index is 0.0639. The Bertz CT molecular complexity index is 1330. The van der Waals surface area contributed by atoms with Crippen LogP contribution in [-0.2, 0) is 10.0 Å². The molecule has 0 aliphatic heterocycles. The number of imidazole rings is 1. The number of nitrogens with one attached hydrogen (secondary N) is 1. The number of rotatable bonds is 5. The summed E-state index contributed by atoms with van der Waals surface area (Å²) in [6.07, 6.45) is 1.45. The van der Waals surface area contributed by atoms with Gasteiger partial charge in [-0.1, -0.05) is 23.2 Å². The highest BCUT2D eigenvalue weighted by atomic mass is 32.2. The lowest BCUT2D eigenvalue weighted by atomic mass is 10.1. The molecular formula is C19H19F2N5O3S2. The summed E-state index contributed by atoms with van der Waals surface area (Å²) in [5, 5.41) is 17.0. The van der Waals surface area contributed by atoms with E-state index >= 15 is 0 Å². The number of hydrogen-bond acceptors (Lipinski definition) is 7. The van der Waals surface area contributed by atoms with Crippen molar-refractivity contribution >= 4 is 27.0 Å². The molecule has 1 aliphatic carbocycles. The largest absolute Gasteiger partial charge is 0.378 e. The number of sulfonamides is 1. The molecule has 1 saturated carbocycles. The van der Waals surface area contributed by atoms with E-state index in [4.69, 9.17) is 0 Å². The summed E-state index contributed by atoms with van der Waals surface area (Å²) in [7, 11) is -3.89. The molecule has 0 bridgehead atoms. The fraction of sp³-hybridized carbons (Fsp3) is 0.421. The predicted octanol–water partition coefficient (Wildman–Crippen LogP) is 2.74. The number of fused-ring (bicyclic) bond motifs is 1. The van der Waals surface area contributed by atoms with Crippen LogP contribution in [0.5, 0.6) is 0 Å². The summed E-state index contributed by atoms with van der Waals surface area (Å²) in [6.45, 7) is 4.81. The van der Waals surface area contributed by atoms with E-state index in [1.165, 1.54) is 36.7 Å². The van der Waals surface area contributed by atoms with Crippen molar-refractivity contribution < 1.29 is 22.3 Å². The first-order valence-electron chi connectivity index (χ1n) is 9.29. The molecule has 0 atom stereocenters. The molecule has 12 heteroatoms. The van der Waals surface area contributed by atoms with E-state index in [0.29, 0.717) is 22.7 Å². The molecule has 8 nitrogen and oxygen atoms in total. The van der Waals surface area contributed by atoms with Gasteiger partial charge in [0.25, 0.3) is 6.43 Å². The number of alkyl halides is 2. The lowest BCUT2D eigenvalue weighted by Gasteiger charge is -2.13. The van der Waals surface area contributed by atoms with Crippen LogP contribution in [0.25, 0.3) is 16.3 Å². The molecule has 0 saturated heterocycles. The SMILES string of the molecule is CC(C)(O)C#Cc1cc(S(=O)(=O)NC2(C)CC2)cn2c(-c3nnc(C(F)F)s3)cnc12. The molecule has 2 N–H and O–H groups in total. The number of nitrogens with zero attached hydrogens (tertiary/aromatic N) is 4. The summed E-state index contributed by atoms with van der Waals surface area (Å²) in [5.41, 5.74) is -0.934. The van der Waals surface area contributed by atoms with Gasteiger partial charge in [-0.05, 0) is 39.7 Å². The lowest BCUT2D eigenvalue weighted by molar-refractivity contribution is 0.143. The first kappa shape index (κ1) is 21.8. The highest BCUT2D eigenvalue weighted by Gasteiger charge is 2.41. The molecule has 3 aromatic heterocycles. The van der Waals surface area contributed by atoms with Gasteiger partial charge in [0.05, 0.1) is 11.8 Å². The zero-order chi connectivity index (χ0) is 22.6. The van der Waals surface area contributed by atoms with Crippen molar-refractivity contribution in [3.63, 3.8) is 0 Å². The Hall–Kier alpha value is -2.46. The molecule has 0 spiro atoms. The Morgan fingerprint density at radius 1 is 1.35 bits per heavy atom. The number of pyridine rings is 1. The van der Waals surface area contributed by atoms with Gasteiger partial charge in [0, 0.05) is 11.7 Å². The molecule has 0 amide bonds. The topological polar surface area (TPSA) is 109 Å². The highest BCUT2D eigenvalue weighted by molar-refractivity contribution is 7.89. The van der Waals surface area contributed by atoms with Gasteiger partial charge in [-0.15, -0.1) is 10.2 Å². The summed E-state index contributed by atoms with van der Waals surface area (Å²) in [5.74, 6) is 5.43. The van der Waals surface area contributed by atoms with Gasteiger partial charge in [-0.2, -0.15) is 0 Å². The van der Waals surface area contributed by atoms with Crippen LogP contribution >= 0.6 is 11.3 Å². The minimum Gasteiger partial charge on any atom is -0.378 e. The average Bonchev–Trinajstić information content (AvgIpc) is 3.08. The van der Waals surface area contributed by atoms with Crippen LogP contribution in [0.3, 0.4) is 0 Å². The second-order valence-electron chi connectivity index (χ2n) is 8.15. The number of aromatic nitrogens is 4. The molecule has 0 aromatic carbocycles. The second-order valence-corrected chi connectivity index (χ2v) is 10.8. The second kappa shape index (κ2) is 7.30. The molecular weight excluding hydrogens is 448 g/mol. The van der Waals surface area contributed by atoms with Crippen molar-refractivity contribution in [3.8, 4) is 22.5 Å². The maximum absolute atomic E-state index is 13.0. The van der Waals surface area contributed by atoms with E-state index < -0.39 is 32.6 Å². The van der Waals surface area contributed by atoms with Crippen LogP contribution in [0, 0.1) is 11.8 Å².